The third-order valence-electron chi connectivity index (χ3n) is 5.23. The van der Waals surface area contributed by atoms with E-state index < -0.39 is 0 Å². The van der Waals surface area contributed by atoms with Gasteiger partial charge in [0.25, 0.3) is 0 Å². The number of nitrogens with zero attached hydrogens (tertiary/aromatic N) is 3. The molecule has 10 heteroatoms. The van der Waals surface area contributed by atoms with E-state index in [9.17, 15) is 9.59 Å². The van der Waals surface area contributed by atoms with Crippen LogP contribution in [0.2, 0.25) is 0 Å². The number of aryl methyl sites for hydroxylation is 1. The van der Waals surface area contributed by atoms with Crippen LogP contribution < -0.4 is 5.32 Å². The van der Waals surface area contributed by atoms with Gasteiger partial charge in [0.2, 0.25) is 5.91 Å². The highest BCUT2D eigenvalue weighted by molar-refractivity contribution is 7.99. The van der Waals surface area contributed by atoms with Crippen molar-refractivity contribution in [2.75, 3.05) is 11.1 Å². The molecule has 3 aromatic heterocycles. The van der Waals surface area contributed by atoms with Gasteiger partial charge in [-0.2, -0.15) is 0 Å². The lowest BCUT2D eigenvalue weighted by atomic mass is 9.95. The average Bonchev–Trinajstić information content (AvgIpc) is 3.48. The van der Waals surface area contributed by atoms with Crippen molar-refractivity contribution < 1.29 is 14.3 Å². The van der Waals surface area contributed by atoms with Gasteiger partial charge in [-0.15, -0.1) is 32.9 Å². The third kappa shape index (κ3) is 5.33. The first kappa shape index (κ1) is 24.0. The molecule has 0 saturated carbocycles. The van der Waals surface area contributed by atoms with E-state index in [0.717, 1.165) is 41.9 Å². The van der Waals surface area contributed by atoms with Gasteiger partial charge < -0.3 is 10.1 Å². The van der Waals surface area contributed by atoms with E-state index in [4.69, 9.17) is 4.74 Å². The Morgan fingerprint density at radius 2 is 2.00 bits per heavy atom. The van der Waals surface area contributed by atoms with E-state index in [2.05, 4.69) is 33.9 Å². The van der Waals surface area contributed by atoms with Crippen LogP contribution in [0.1, 0.15) is 67.4 Å². The van der Waals surface area contributed by atoms with Gasteiger partial charge in [0.1, 0.15) is 5.00 Å². The van der Waals surface area contributed by atoms with Gasteiger partial charge in [-0.3, -0.25) is 9.36 Å². The molecule has 0 fully saturated rings. The molecule has 3 aromatic rings. The predicted molar refractivity (Wildman–Crippen MR) is 135 cm³/mol. The number of fused-ring (bicyclic) bond motifs is 1. The Labute approximate surface area is 206 Å². The highest BCUT2D eigenvalue weighted by Gasteiger charge is 2.28. The zero-order chi connectivity index (χ0) is 23.5. The van der Waals surface area contributed by atoms with Crippen LogP contribution in [0.4, 0.5) is 5.00 Å². The smallest absolute Gasteiger partial charge is 0.341 e. The van der Waals surface area contributed by atoms with Crippen molar-refractivity contribution in [3.8, 4) is 10.7 Å². The quantitative estimate of drug-likeness (QED) is 0.307. The second kappa shape index (κ2) is 10.4. The van der Waals surface area contributed by atoms with Crippen molar-refractivity contribution in [3.63, 3.8) is 0 Å². The number of carbonyl (C=O) groups is 2. The molecule has 0 aromatic carbocycles. The fraction of sp³-hybridized carbons (Fsp3) is 0.478. The molecule has 1 N–H and O–H groups in total. The number of thiophene rings is 2. The van der Waals surface area contributed by atoms with Crippen LogP contribution in [0.3, 0.4) is 0 Å². The molecular weight excluding hydrogens is 476 g/mol. The fourth-order valence-electron chi connectivity index (χ4n) is 3.85. The normalized spacial score (nSPS) is 13.4. The molecule has 176 valence electrons. The highest BCUT2D eigenvalue weighted by atomic mass is 32.2. The Balaban J connectivity index is 1.50. The number of ether oxygens (including phenoxy) is 1. The number of hydrogen-bond donors (Lipinski definition) is 1. The molecule has 1 amide bonds. The second-order valence-corrected chi connectivity index (χ2v) is 11.4. The standard InChI is InChI=1S/C23H28N4O3S3/c1-13(2)27-20(17-10-7-11-31-17)25-26-23(27)32-12-18(28)24-21-19(22(29)30-14(3)4)15-8-5-6-9-16(15)33-21/h7,10-11,13-14H,5-6,8-9,12H2,1-4H3,(H,24,28). The summed E-state index contributed by atoms with van der Waals surface area (Å²) in [5, 5.41) is 15.0. The lowest BCUT2D eigenvalue weighted by Crippen LogP contribution is -2.19. The SMILES string of the molecule is CC(C)OC(=O)c1c(NC(=O)CSc2nnc(-c3cccs3)n2C(C)C)sc2c1CCCC2. The summed E-state index contributed by atoms with van der Waals surface area (Å²) in [5.74, 6) is 0.463. The summed E-state index contributed by atoms with van der Waals surface area (Å²) in [5.41, 5.74) is 1.58. The highest BCUT2D eigenvalue weighted by Crippen LogP contribution is 2.39. The van der Waals surface area contributed by atoms with Crippen molar-refractivity contribution in [2.45, 2.75) is 70.7 Å². The van der Waals surface area contributed by atoms with Gasteiger partial charge in [0.05, 0.1) is 22.3 Å². The minimum absolute atomic E-state index is 0.157. The van der Waals surface area contributed by atoms with Crippen molar-refractivity contribution in [1.82, 2.24) is 14.8 Å². The zero-order valence-electron chi connectivity index (χ0n) is 19.2. The summed E-state index contributed by atoms with van der Waals surface area (Å²) in [6, 6.07) is 4.16. The van der Waals surface area contributed by atoms with Crippen LogP contribution >= 0.6 is 34.4 Å². The summed E-state index contributed by atoms with van der Waals surface area (Å²) < 4.78 is 7.54. The molecule has 0 atom stereocenters. The van der Waals surface area contributed by atoms with E-state index in [0.29, 0.717) is 15.7 Å². The molecular formula is C23H28N4O3S3. The fourth-order valence-corrected chi connectivity index (χ4v) is 6.72. The van der Waals surface area contributed by atoms with Crippen LogP contribution in [0.15, 0.2) is 22.7 Å². The Kier molecular flexibility index (Phi) is 7.55. The Bertz CT molecular complexity index is 1130. The topological polar surface area (TPSA) is 86.1 Å². The summed E-state index contributed by atoms with van der Waals surface area (Å²) in [7, 11) is 0. The first-order valence-electron chi connectivity index (χ1n) is 11.1. The van der Waals surface area contributed by atoms with Crippen LogP contribution in [0, 0.1) is 0 Å². The number of amides is 1. The van der Waals surface area contributed by atoms with Crippen molar-refractivity contribution in [3.05, 3.63) is 33.5 Å². The largest absolute Gasteiger partial charge is 0.459 e. The summed E-state index contributed by atoms with van der Waals surface area (Å²) in [6.07, 6.45) is 3.73. The van der Waals surface area contributed by atoms with Gasteiger partial charge >= 0.3 is 5.97 Å². The maximum atomic E-state index is 12.9. The molecule has 1 aliphatic carbocycles. The van der Waals surface area contributed by atoms with Gasteiger partial charge in [-0.1, -0.05) is 17.8 Å². The van der Waals surface area contributed by atoms with Crippen LogP contribution in [0.5, 0.6) is 0 Å². The molecule has 0 spiro atoms. The number of nitrogens with one attached hydrogen (secondary N) is 1. The maximum Gasteiger partial charge on any atom is 0.341 e. The van der Waals surface area contributed by atoms with E-state index in [-0.39, 0.29) is 29.8 Å². The third-order valence-corrected chi connectivity index (χ3v) is 8.24. The summed E-state index contributed by atoms with van der Waals surface area (Å²) in [6.45, 7) is 7.82. The van der Waals surface area contributed by atoms with Crippen molar-refractivity contribution in [1.29, 1.82) is 0 Å². The minimum Gasteiger partial charge on any atom is -0.459 e. The number of rotatable bonds is 8. The summed E-state index contributed by atoms with van der Waals surface area (Å²) in [4.78, 5) is 27.9. The molecule has 1 aliphatic rings. The van der Waals surface area contributed by atoms with Crippen LogP contribution in [-0.4, -0.2) is 38.5 Å². The van der Waals surface area contributed by atoms with E-state index in [1.165, 1.54) is 28.0 Å². The van der Waals surface area contributed by atoms with Crippen molar-refractivity contribution in [2.24, 2.45) is 0 Å². The number of aromatic nitrogens is 3. The first-order valence-corrected chi connectivity index (χ1v) is 13.8. The zero-order valence-corrected chi connectivity index (χ0v) is 21.7. The monoisotopic (exact) mass is 504 g/mol. The number of esters is 1. The lowest BCUT2D eigenvalue weighted by molar-refractivity contribution is -0.113. The summed E-state index contributed by atoms with van der Waals surface area (Å²) >= 11 is 4.47. The Morgan fingerprint density at radius 3 is 2.70 bits per heavy atom. The van der Waals surface area contributed by atoms with E-state index in [1.54, 1.807) is 11.3 Å². The molecule has 0 aliphatic heterocycles. The number of anilines is 1. The maximum absolute atomic E-state index is 12.9. The average molecular weight is 505 g/mol. The van der Waals surface area contributed by atoms with Crippen LogP contribution in [-0.2, 0) is 22.4 Å². The van der Waals surface area contributed by atoms with Gasteiger partial charge in [-0.25, -0.2) is 4.79 Å². The molecule has 0 unspecified atom stereocenters. The molecule has 0 bridgehead atoms. The van der Waals surface area contributed by atoms with Gasteiger partial charge in [-0.05, 0) is 70.4 Å². The number of hydrogen-bond acceptors (Lipinski definition) is 8. The van der Waals surface area contributed by atoms with E-state index in [1.807, 2.05) is 31.4 Å². The molecule has 7 nitrogen and oxygen atoms in total. The molecule has 33 heavy (non-hydrogen) atoms. The molecule has 0 saturated heterocycles. The Hall–Kier alpha value is -2.17. The van der Waals surface area contributed by atoms with Gasteiger partial charge in [0, 0.05) is 10.9 Å². The minimum atomic E-state index is -0.354. The number of thioether (sulfide) groups is 1. The lowest BCUT2D eigenvalue weighted by Gasteiger charge is -2.14. The molecule has 4 rings (SSSR count). The first-order chi connectivity index (χ1) is 15.8. The second-order valence-electron chi connectivity index (χ2n) is 8.45. The van der Waals surface area contributed by atoms with E-state index >= 15 is 0 Å². The van der Waals surface area contributed by atoms with Gasteiger partial charge in [0.15, 0.2) is 11.0 Å². The predicted octanol–water partition coefficient (Wildman–Crippen LogP) is 5.82. The van der Waals surface area contributed by atoms with Crippen LogP contribution in [0.25, 0.3) is 10.7 Å². The number of carbonyl (C=O) groups excluding carboxylic acids is 2. The Morgan fingerprint density at radius 1 is 1.21 bits per heavy atom. The van der Waals surface area contributed by atoms with Crippen molar-refractivity contribution >= 4 is 51.3 Å². The molecule has 0 radical (unpaired) electrons. The molecule has 3 heterocycles.